The van der Waals surface area contributed by atoms with E-state index in [4.69, 9.17) is 4.52 Å². The molecule has 0 aliphatic carbocycles. The number of allylic oxidation sites excluding steroid dienone is 1. The van der Waals surface area contributed by atoms with Gasteiger partial charge in [0.05, 0.1) is 11.6 Å². The van der Waals surface area contributed by atoms with Gasteiger partial charge in [-0.05, 0) is 54.6 Å². The number of urea groups is 1. The van der Waals surface area contributed by atoms with Crippen LogP contribution in [-0.4, -0.2) is 27.6 Å². The lowest BCUT2D eigenvalue weighted by Crippen LogP contribution is -2.46. The van der Waals surface area contributed by atoms with E-state index in [1.54, 1.807) is 47.4 Å². The molecule has 6 nitrogen and oxygen atoms in total. The molecule has 1 unspecified atom stereocenters. The van der Waals surface area contributed by atoms with Crippen LogP contribution in [0.1, 0.15) is 29.3 Å². The van der Waals surface area contributed by atoms with E-state index in [1.807, 2.05) is 17.5 Å². The Morgan fingerprint density at radius 3 is 2.62 bits per heavy atom. The Kier molecular flexibility index (Phi) is 5.93. The first-order valence-corrected chi connectivity index (χ1v) is 11.5. The normalized spacial score (nSPS) is 16.1. The third-order valence-electron chi connectivity index (χ3n) is 5.68. The second kappa shape index (κ2) is 9.18. The summed E-state index contributed by atoms with van der Waals surface area (Å²) in [4.78, 5) is 20.3. The lowest BCUT2D eigenvalue weighted by Gasteiger charge is -2.35. The molecule has 1 N–H and O–H groups in total. The molecule has 0 bridgehead atoms. The molecule has 1 aliphatic heterocycles. The van der Waals surface area contributed by atoms with E-state index in [0.717, 1.165) is 4.88 Å². The van der Waals surface area contributed by atoms with E-state index in [9.17, 15) is 13.6 Å². The third-order valence-corrected chi connectivity index (χ3v) is 6.62. The van der Waals surface area contributed by atoms with Gasteiger partial charge in [0.1, 0.15) is 11.6 Å². The summed E-state index contributed by atoms with van der Waals surface area (Å²) in [5.41, 5.74) is 2.20. The molecule has 4 aromatic rings. The summed E-state index contributed by atoms with van der Waals surface area (Å²) in [7, 11) is 0. The predicted octanol–water partition coefficient (Wildman–Crippen LogP) is 5.82. The van der Waals surface area contributed by atoms with E-state index >= 15 is 0 Å². The number of hydrogen-bond acceptors (Lipinski definition) is 5. The number of carbonyl (C=O) groups is 1. The SMILES string of the molecule is CC1=C(c2nc(-c3cccc(F)c3)no2)C(c2cccc(F)c2)NC(=O)N1CCc1cccs1. The minimum Gasteiger partial charge on any atom is -0.334 e. The summed E-state index contributed by atoms with van der Waals surface area (Å²) in [5, 5.41) is 8.97. The van der Waals surface area contributed by atoms with Gasteiger partial charge in [-0.2, -0.15) is 4.98 Å². The Morgan fingerprint density at radius 1 is 1.09 bits per heavy atom. The highest BCUT2D eigenvalue weighted by atomic mass is 32.1. The summed E-state index contributed by atoms with van der Waals surface area (Å²) in [6, 6.07) is 14.9. The largest absolute Gasteiger partial charge is 0.334 e. The number of hydrogen-bond donors (Lipinski definition) is 1. The number of thiophene rings is 1. The average molecular weight is 479 g/mol. The molecular formula is C25H20F2N4O2S. The van der Waals surface area contributed by atoms with Gasteiger partial charge >= 0.3 is 6.03 Å². The second-order valence-corrected chi connectivity index (χ2v) is 8.88. The molecule has 9 heteroatoms. The molecule has 0 fully saturated rings. The van der Waals surface area contributed by atoms with Crippen molar-refractivity contribution < 1.29 is 18.1 Å². The molecule has 0 radical (unpaired) electrons. The van der Waals surface area contributed by atoms with Crippen LogP contribution in [0, 0.1) is 11.6 Å². The van der Waals surface area contributed by atoms with Crippen LogP contribution in [0.4, 0.5) is 13.6 Å². The monoisotopic (exact) mass is 478 g/mol. The van der Waals surface area contributed by atoms with Crippen LogP contribution in [0.3, 0.4) is 0 Å². The van der Waals surface area contributed by atoms with Gasteiger partial charge in [0, 0.05) is 22.7 Å². The maximum atomic E-state index is 14.0. The minimum absolute atomic E-state index is 0.173. The molecular weight excluding hydrogens is 458 g/mol. The van der Waals surface area contributed by atoms with Crippen LogP contribution in [0.15, 0.2) is 76.3 Å². The minimum atomic E-state index is -0.693. The van der Waals surface area contributed by atoms with Crippen molar-refractivity contribution in [2.75, 3.05) is 6.54 Å². The highest BCUT2D eigenvalue weighted by Crippen LogP contribution is 2.37. The summed E-state index contributed by atoms with van der Waals surface area (Å²) in [5.74, 6) is -0.446. The van der Waals surface area contributed by atoms with E-state index in [1.165, 1.54) is 24.3 Å². The average Bonchev–Trinajstić information content (AvgIpc) is 3.51. The lowest BCUT2D eigenvalue weighted by molar-refractivity contribution is 0.205. The van der Waals surface area contributed by atoms with Gasteiger partial charge in [-0.3, -0.25) is 4.90 Å². The Bertz CT molecular complexity index is 1370. The summed E-state index contributed by atoms with van der Waals surface area (Å²) in [6.07, 6.45) is 0.679. The van der Waals surface area contributed by atoms with E-state index in [-0.39, 0.29) is 17.7 Å². The van der Waals surface area contributed by atoms with Crippen molar-refractivity contribution in [3.05, 3.63) is 99.7 Å². The maximum absolute atomic E-state index is 14.0. The van der Waals surface area contributed by atoms with Gasteiger partial charge in [-0.25, -0.2) is 13.6 Å². The van der Waals surface area contributed by atoms with Crippen LogP contribution in [0.25, 0.3) is 17.0 Å². The molecule has 2 aromatic carbocycles. The van der Waals surface area contributed by atoms with E-state index < -0.39 is 17.7 Å². The van der Waals surface area contributed by atoms with Crippen molar-refractivity contribution in [1.29, 1.82) is 0 Å². The number of benzene rings is 2. The van der Waals surface area contributed by atoms with Crippen molar-refractivity contribution in [2.45, 2.75) is 19.4 Å². The molecule has 0 saturated heterocycles. The first kappa shape index (κ1) is 22.0. The van der Waals surface area contributed by atoms with E-state index in [0.29, 0.717) is 35.4 Å². The molecule has 0 saturated carbocycles. The zero-order valence-corrected chi connectivity index (χ0v) is 19.0. The zero-order chi connectivity index (χ0) is 23.7. The zero-order valence-electron chi connectivity index (χ0n) is 18.2. The molecule has 5 rings (SSSR count). The molecule has 34 heavy (non-hydrogen) atoms. The molecule has 0 spiro atoms. The van der Waals surface area contributed by atoms with Gasteiger partial charge in [-0.1, -0.05) is 35.5 Å². The fourth-order valence-corrected chi connectivity index (χ4v) is 4.72. The molecule has 2 aromatic heterocycles. The topological polar surface area (TPSA) is 71.3 Å². The van der Waals surface area contributed by atoms with E-state index in [2.05, 4.69) is 15.5 Å². The number of amides is 2. The standard InChI is InChI=1S/C25H20F2N4O2S/c1-15-21(24-29-23(30-33-24)17-6-3-8-19(27)14-17)22(16-5-2-7-18(26)13-16)28-25(32)31(15)11-10-20-9-4-12-34-20/h2-9,12-14,22H,10-11H2,1H3,(H,28,32). The van der Waals surface area contributed by atoms with Crippen molar-refractivity contribution in [3.63, 3.8) is 0 Å². The molecule has 2 amide bonds. The van der Waals surface area contributed by atoms with Crippen molar-refractivity contribution in [1.82, 2.24) is 20.4 Å². The highest BCUT2D eigenvalue weighted by molar-refractivity contribution is 7.09. The van der Waals surface area contributed by atoms with Gasteiger partial charge in [-0.15, -0.1) is 11.3 Å². The molecule has 1 atom stereocenters. The number of aromatic nitrogens is 2. The van der Waals surface area contributed by atoms with Crippen molar-refractivity contribution >= 4 is 22.9 Å². The predicted molar refractivity (Wildman–Crippen MR) is 125 cm³/mol. The summed E-state index contributed by atoms with van der Waals surface area (Å²) in [6.45, 7) is 2.25. The van der Waals surface area contributed by atoms with Crippen molar-refractivity contribution in [3.8, 4) is 11.4 Å². The van der Waals surface area contributed by atoms with Gasteiger partial charge < -0.3 is 9.84 Å². The van der Waals surface area contributed by atoms with Crippen LogP contribution in [0.5, 0.6) is 0 Å². The number of nitrogens with zero attached hydrogens (tertiary/aromatic N) is 3. The Hall–Kier alpha value is -3.85. The molecule has 1 aliphatic rings. The first-order valence-electron chi connectivity index (χ1n) is 10.7. The number of carbonyl (C=O) groups excluding carboxylic acids is 1. The Morgan fingerprint density at radius 2 is 1.88 bits per heavy atom. The Balaban J connectivity index is 1.56. The maximum Gasteiger partial charge on any atom is 0.322 e. The summed E-state index contributed by atoms with van der Waals surface area (Å²) < 4.78 is 33.3. The smallest absolute Gasteiger partial charge is 0.322 e. The highest BCUT2D eigenvalue weighted by Gasteiger charge is 2.35. The van der Waals surface area contributed by atoms with Gasteiger partial charge in [0.15, 0.2) is 0 Å². The quantitative estimate of drug-likeness (QED) is 0.379. The molecule has 172 valence electrons. The van der Waals surface area contributed by atoms with Crippen LogP contribution < -0.4 is 5.32 Å². The lowest BCUT2D eigenvalue weighted by atomic mass is 9.94. The third kappa shape index (κ3) is 4.34. The summed E-state index contributed by atoms with van der Waals surface area (Å²) >= 11 is 1.62. The number of halogens is 2. The molecule has 3 heterocycles. The number of rotatable bonds is 6. The van der Waals surface area contributed by atoms with Crippen LogP contribution >= 0.6 is 11.3 Å². The van der Waals surface area contributed by atoms with Crippen molar-refractivity contribution in [2.24, 2.45) is 0 Å². The van der Waals surface area contributed by atoms with Crippen LogP contribution in [-0.2, 0) is 6.42 Å². The fourth-order valence-electron chi connectivity index (χ4n) is 4.02. The Labute approximate surface area is 198 Å². The number of nitrogens with one attached hydrogen (secondary N) is 1. The fraction of sp³-hybridized carbons (Fsp3) is 0.160. The van der Waals surface area contributed by atoms with Gasteiger partial charge in [0.25, 0.3) is 5.89 Å². The first-order chi connectivity index (χ1) is 16.5. The van der Waals surface area contributed by atoms with Gasteiger partial charge in [0.2, 0.25) is 5.82 Å². The van der Waals surface area contributed by atoms with Crippen LogP contribution in [0.2, 0.25) is 0 Å². The second-order valence-electron chi connectivity index (χ2n) is 7.85.